The Bertz CT molecular complexity index is 2840. The highest BCUT2D eigenvalue weighted by Gasteiger charge is 2.22. The molecule has 0 N–H and O–H groups in total. The molecule has 0 unspecified atom stereocenters. The van der Waals surface area contributed by atoms with Crippen molar-refractivity contribution in [2.24, 2.45) is 0 Å². The molecular weight excluding hydrogens is 673 g/mol. The molecule has 0 radical (unpaired) electrons. The third-order valence-corrected chi connectivity index (χ3v) is 10.1. The Morgan fingerprint density at radius 3 is 1.45 bits per heavy atom. The summed E-state index contributed by atoms with van der Waals surface area (Å²) in [6.45, 7) is 0. The molecule has 5 nitrogen and oxygen atoms in total. The lowest BCUT2D eigenvalue weighted by Gasteiger charge is -2.18. The highest BCUT2D eigenvalue weighted by Crippen LogP contribution is 2.48. The molecule has 10 rings (SSSR count). The fraction of sp³-hybridized carbons (Fsp3) is 0. The van der Waals surface area contributed by atoms with Crippen molar-refractivity contribution in [3.63, 3.8) is 0 Å². The highest BCUT2D eigenvalue weighted by atomic mass is 16.5. The summed E-state index contributed by atoms with van der Waals surface area (Å²) in [5.74, 6) is 2.22. The van der Waals surface area contributed by atoms with E-state index in [2.05, 4.69) is 120 Å². The topological polar surface area (TPSA) is 60.8 Å². The van der Waals surface area contributed by atoms with Crippen molar-refractivity contribution in [3.05, 3.63) is 195 Å². The Morgan fingerprint density at radius 2 is 0.836 bits per heavy atom. The summed E-state index contributed by atoms with van der Waals surface area (Å²) in [6.07, 6.45) is 5.46. The molecule has 0 aliphatic carbocycles. The van der Waals surface area contributed by atoms with E-state index < -0.39 is 0 Å². The molecule has 1 aliphatic rings. The summed E-state index contributed by atoms with van der Waals surface area (Å²) in [4.78, 5) is 19.3. The first-order valence-corrected chi connectivity index (χ1v) is 18.3. The monoisotopic (exact) mass is 704 g/mol. The van der Waals surface area contributed by atoms with Gasteiger partial charge in [0.15, 0.2) is 5.82 Å². The molecule has 9 aromatic rings. The Morgan fingerprint density at radius 1 is 0.327 bits per heavy atom. The molecule has 0 spiro atoms. The van der Waals surface area contributed by atoms with Crippen LogP contribution in [0, 0.1) is 0 Å². The first kappa shape index (κ1) is 32.2. The molecule has 55 heavy (non-hydrogen) atoms. The maximum atomic E-state index is 6.89. The number of rotatable bonds is 4. The summed E-state index contributed by atoms with van der Waals surface area (Å²) in [6, 6.07) is 60.7. The number of nitrogens with zero attached hydrogens (tertiary/aromatic N) is 4. The predicted octanol–water partition coefficient (Wildman–Crippen LogP) is 12.7. The van der Waals surface area contributed by atoms with E-state index in [4.69, 9.17) is 19.7 Å². The van der Waals surface area contributed by atoms with Gasteiger partial charge in [0.2, 0.25) is 0 Å². The number of pyridine rings is 2. The molecule has 258 valence electrons. The van der Waals surface area contributed by atoms with E-state index in [0.717, 1.165) is 95.3 Å². The van der Waals surface area contributed by atoms with E-state index in [1.807, 2.05) is 73.1 Å². The van der Waals surface area contributed by atoms with Crippen LogP contribution in [-0.2, 0) is 0 Å². The van der Waals surface area contributed by atoms with Crippen LogP contribution in [0.5, 0.6) is 11.5 Å². The standard InChI is InChI=1S/C50H32N4O/c1-2-13-33(14-3-1)50-53-46(30-47(54-50)36-25-27-45(52-32-36)35-15-12-28-51-31-35)34-24-26-41-39-18-5-4-16-37(39)38-17-6-7-19-40(38)42-20-8-10-22-48(42)55-49-23-11-9-21-43(49)44(41)29-34/h1-32H. The van der Waals surface area contributed by atoms with E-state index in [0.29, 0.717) is 5.82 Å². The number of aromatic nitrogens is 4. The average Bonchev–Trinajstić information content (AvgIpc) is 3.28. The van der Waals surface area contributed by atoms with Crippen LogP contribution >= 0.6 is 0 Å². The quantitative estimate of drug-likeness (QED) is 0.182. The first-order valence-electron chi connectivity index (χ1n) is 18.3. The number of benzene rings is 6. The van der Waals surface area contributed by atoms with Gasteiger partial charge in [-0.1, -0.05) is 127 Å². The molecule has 0 saturated carbocycles. The summed E-state index contributed by atoms with van der Waals surface area (Å²) in [5.41, 5.74) is 14.9. The van der Waals surface area contributed by atoms with Gasteiger partial charge < -0.3 is 4.74 Å². The molecule has 0 bridgehead atoms. The number of hydrogen-bond donors (Lipinski definition) is 0. The second-order valence-electron chi connectivity index (χ2n) is 13.4. The fourth-order valence-electron chi connectivity index (χ4n) is 7.43. The largest absolute Gasteiger partial charge is 0.456 e. The van der Waals surface area contributed by atoms with Crippen LogP contribution in [0.1, 0.15) is 0 Å². The van der Waals surface area contributed by atoms with Crippen molar-refractivity contribution >= 4 is 0 Å². The Labute approximate surface area is 319 Å². The van der Waals surface area contributed by atoms with Gasteiger partial charge in [-0.05, 0) is 81.9 Å². The van der Waals surface area contributed by atoms with Crippen LogP contribution in [0.4, 0.5) is 0 Å². The Balaban J connectivity index is 1.19. The zero-order valence-electron chi connectivity index (χ0n) is 29.7. The number of para-hydroxylation sites is 2. The summed E-state index contributed by atoms with van der Waals surface area (Å²) < 4.78 is 6.89. The SMILES string of the molecule is c1ccc(-c2nc(-c3ccc(-c4cccnc4)nc3)cc(-c3ccc4c(c3)-c3ccccc3Oc3ccccc3-c3ccccc3-c3ccccc3-4)n2)cc1. The van der Waals surface area contributed by atoms with Gasteiger partial charge >= 0.3 is 0 Å². The molecular formula is C50H32N4O. The van der Waals surface area contributed by atoms with Crippen molar-refractivity contribution in [1.29, 1.82) is 0 Å². The van der Waals surface area contributed by atoms with Crippen molar-refractivity contribution in [2.75, 3.05) is 0 Å². The van der Waals surface area contributed by atoms with Gasteiger partial charge in [-0.3, -0.25) is 9.97 Å². The van der Waals surface area contributed by atoms with Crippen LogP contribution in [0.3, 0.4) is 0 Å². The van der Waals surface area contributed by atoms with Gasteiger partial charge in [-0.15, -0.1) is 0 Å². The number of hydrogen-bond acceptors (Lipinski definition) is 5. The van der Waals surface area contributed by atoms with E-state index in [1.54, 1.807) is 6.20 Å². The lowest BCUT2D eigenvalue weighted by Crippen LogP contribution is -1.97. The minimum Gasteiger partial charge on any atom is -0.456 e. The van der Waals surface area contributed by atoms with Crippen molar-refractivity contribution in [2.45, 2.75) is 0 Å². The zero-order chi connectivity index (χ0) is 36.6. The zero-order valence-corrected chi connectivity index (χ0v) is 29.7. The van der Waals surface area contributed by atoms with E-state index >= 15 is 0 Å². The lowest BCUT2D eigenvalue weighted by molar-refractivity contribution is 0.486. The average molecular weight is 705 g/mol. The van der Waals surface area contributed by atoms with Crippen LogP contribution in [-0.4, -0.2) is 19.9 Å². The van der Waals surface area contributed by atoms with Crippen LogP contribution < -0.4 is 4.74 Å². The number of fused-ring (bicyclic) bond motifs is 9. The highest BCUT2D eigenvalue weighted by molar-refractivity contribution is 5.98. The Hall–Kier alpha value is -7.50. The van der Waals surface area contributed by atoms with Crippen LogP contribution in [0.15, 0.2) is 195 Å². The molecule has 3 aromatic heterocycles. The summed E-state index contributed by atoms with van der Waals surface area (Å²) in [5, 5.41) is 0. The van der Waals surface area contributed by atoms with Crippen LogP contribution in [0.25, 0.3) is 89.7 Å². The third-order valence-electron chi connectivity index (χ3n) is 10.1. The molecule has 0 saturated heterocycles. The molecule has 0 amide bonds. The first-order chi connectivity index (χ1) is 27.3. The van der Waals surface area contributed by atoms with E-state index in [9.17, 15) is 0 Å². The van der Waals surface area contributed by atoms with Crippen molar-refractivity contribution in [1.82, 2.24) is 19.9 Å². The minimum atomic E-state index is 0.642. The predicted molar refractivity (Wildman–Crippen MR) is 221 cm³/mol. The number of ether oxygens (including phenoxy) is 1. The molecule has 1 aliphatic heterocycles. The smallest absolute Gasteiger partial charge is 0.160 e. The van der Waals surface area contributed by atoms with Gasteiger partial charge in [-0.2, -0.15) is 0 Å². The lowest BCUT2D eigenvalue weighted by atomic mass is 9.86. The van der Waals surface area contributed by atoms with Gasteiger partial charge in [0.25, 0.3) is 0 Å². The third kappa shape index (κ3) is 6.04. The van der Waals surface area contributed by atoms with Crippen molar-refractivity contribution < 1.29 is 4.74 Å². The maximum absolute atomic E-state index is 6.89. The van der Waals surface area contributed by atoms with E-state index in [-0.39, 0.29) is 0 Å². The van der Waals surface area contributed by atoms with E-state index in [1.165, 1.54) is 0 Å². The maximum Gasteiger partial charge on any atom is 0.160 e. The van der Waals surface area contributed by atoms with Crippen LogP contribution in [0.2, 0.25) is 0 Å². The summed E-state index contributed by atoms with van der Waals surface area (Å²) in [7, 11) is 0. The minimum absolute atomic E-state index is 0.642. The van der Waals surface area contributed by atoms with Gasteiger partial charge in [0.1, 0.15) is 11.5 Å². The van der Waals surface area contributed by atoms with Crippen molar-refractivity contribution in [3.8, 4) is 101 Å². The molecule has 0 atom stereocenters. The van der Waals surface area contributed by atoms with Gasteiger partial charge in [-0.25, -0.2) is 9.97 Å². The second-order valence-corrected chi connectivity index (χ2v) is 13.4. The second kappa shape index (κ2) is 13.8. The molecule has 6 aromatic carbocycles. The molecule has 0 fully saturated rings. The molecule has 4 heterocycles. The Kier molecular flexibility index (Phi) is 8.08. The molecule has 5 heteroatoms. The summed E-state index contributed by atoms with van der Waals surface area (Å²) >= 11 is 0. The fourth-order valence-corrected chi connectivity index (χ4v) is 7.43. The van der Waals surface area contributed by atoms with Gasteiger partial charge in [0.05, 0.1) is 17.1 Å². The normalized spacial score (nSPS) is 11.4. The van der Waals surface area contributed by atoms with Gasteiger partial charge in [0, 0.05) is 52.0 Å².